The summed E-state index contributed by atoms with van der Waals surface area (Å²) in [6.07, 6.45) is 0.776. The van der Waals surface area contributed by atoms with Crippen LogP contribution in [-0.2, 0) is 19.5 Å². The van der Waals surface area contributed by atoms with Crippen molar-refractivity contribution in [1.82, 2.24) is 19.4 Å². The maximum absolute atomic E-state index is 13.5. The Hall–Kier alpha value is -3.22. The van der Waals surface area contributed by atoms with Crippen LogP contribution in [-0.4, -0.2) is 31.9 Å². The second-order valence-corrected chi connectivity index (χ2v) is 7.70. The molecule has 0 bridgehead atoms. The summed E-state index contributed by atoms with van der Waals surface area (Å²) in [4.78, 5) is 47.1. The Morgan fingerprint density at radius 3 is 2.62 bits per heavy atom. The van der Waals surface area contributed by atoms with E-state index in [0.717, 1.165) is 12.0 Å². The SMILES string of the molecule is CCn1c(=O)[nH]c(=O)c2c(C(=O)N3CCc4ccccc4C3)cc(C(C)C)nc21. The van der Waals surface area contributed by atoms with Crippen LogP contribution in [0.25, 0.3) is 11.0 Å². The van der Waals surface area contributed by atoms with E-state index in [0.29, 0.717) is 30.9 Å². The molecule has 0 saturated carbocycles. The van der Waals surface area contributed by atoms with Crippen molar-refractivity contribution in [3.8, 4) is 0 Å². The van der Waals surface area contributed by atoms with Gasteiger partial charge in [-0.05, 0) is 36.5 Å². The first kappa shape index (κ1) is 19.1. The average Bonchev–Trinajstić information content (AvgIpc) is 2.72. The minimum Gasteiger partial charge on any atom is -0.334 e. The van der Waals surface area contributed by atoms with E-state index in [-0.39, 0.29) is 22.9 Å². The van der Waals surface area contributed by atoms with E-state index < -0.39 is 11.2 Å². The van der Waals surface area contributed by atoms with Crippen LogP contribution in [0, 0.1) is 0 Å². The van der Waals surface area contributed by atoms with Crippen LogP contribution in [0.4, 0.5) is 0 Å². The number of amides is 1. The molecule has 0 fully saturated rings. The molecule has 1 aliphatic rings. The number of rotatable bonds is 3. The van der Waals surface area contributed by atoms with Gasteiger partial charge in [0.15, 0.2) is 5.65 Å². The number of carbonyl (C=O) groups excluding carboxylic acids is 1. The Bertz CT molecular complexity index is 1220. The zero-order valence-electron chi connectivity index (χ0n) is 16.9. The smallest absolute Gasteiger partial charge is 0.329 e. The largest absolute Gasteiger partial charge is 0.334 e. The van der Waals surface area contributed by atoms with Crippen LogP contribution in [0.1, 0.15) is 53.9 Å². The molecule has 0 saturated heterocycles. The number of carbonyl (C=O) groups is 1. The van der Waals surface area contributed by atoms with Crippen molar-refractivity contribution >= 4 is 16.9 Å². The topological polar surface area (TPSA) is 88.1 Å². The summed E-state index contributed by atoms with van der Waals surface area (Å²) in [5.41, 5.74) is 2.55. The van der Waals surface area contributed by atoms with Gasteiger partial charge in [0, 0.05) is 25.3 Å². The van der Waals surface area contributed by atoms with Crippen molar-refractivity contribution in [1.29, 1.82) is 0 Å². The number of hydrogen-bond donors (Lipinski definition) is 1. The van der Waals surface area contributed by atoms with Crippen LogP contribution in [0.15, 0.2) is 39.9 Å². The number of H-pyrrole nitrogens is 1. The summed E-state index contributed by atoms with van der Waals surface area (Å²) >= 11 is 0. The summed E-state index contributed by atoms with van der Waals surface area (Å²) in [6.45, 7) is 7.20. The molecule has 29 heavy (non-hydrogen) atoms. The number of aryl methyl sites for hydroxylation is 1. The van der Waals surface area contributed by atoms with Crippen LogP contribution in [0.5, 0.6) is 0 Å². The summed E-state index contributed by atoms with van der Waals surface area (Å²) in [7, 11) is 0. The molecule has 0 unspecified atom stereocenters. The number of pyridine rings is 1. The molecule has 3 aromatic rings. The van der Waals surface area contributed by atoms with Crippen LogP contribution in [0.2, 0.25) is 0 Å². The first-order valence-electron chi connectivity index (χ1n) is 9.94. The lowest BCUT2D eigenvalue weighted by molar-refractivity contribution is 0.0736. The lowest BCUT2D eigenvalue weighted by Crippen LogP contribution is -2.38. The Morgan fingerprint density at radius 2 is 1.93 bits per heavy atom. The number of nitrogens with zero attached hydrogens (tertiary/aromatic N) is 3. The second kappa shape index (κ2) is 7.31. The average molecular weight is 392 g/mol. The number of hydrogen-bond acceptors (Lipinski definition) is 4. The van der Waals surface area contributed by atoms with Gasteiger partial charge in [0.05, 0.1) is 10.9 Å². The number of aromatic amines is 1. The van der Waals surface area contributed by atoms with E-state index in [1.54, 1.807) is 11.0 Å². The summed E-state index contributed by atoms with van der Waals surface area (Å²) in [5, 5.41) is 0.180. The normalized spacial score (nSPS) is 13.7. The number of nitrogens with one attached hydrogen (secondary N) is 1. The maximum Gasteiger partial charge on any atom is 0.329 e. The molecule has 3 heterocycles. The van der Waals surface area contributed by atoms with Crippen LogP contribution >= 0.6 is 0 Å². The standard InChI is InChI=1S/C22H24N4O3/c1-4-26-19-18(20(27)24-22(26)29)16(11-17(23-19)13(2)3)21(28)25-10-9-14-7-5-6-8-15(14)12-25/h5-8,11,13H,4,9-10,12H2,1-3H3,(H,24,27,29). The third-order valence-corrected chi connectivity index (χ3v) is 5.52. The Labute approximate surface area is 168 Å². The van der Waals surface area contributed by atoms with Gasteiger partial charge in [0.1, 0.15) is 0 Å². The summed E-state index contributed by atoms with van der Waals surface area (Å²) in [6, 6.07) is 9.79. The first-order valence-corrected chi connectivity index (χ1v) is 9.94. The molecular formula is C22H24N4O3. The summed E-state index contributed by atoms with van der Waals surface area (Å²) < 4.78 is 1.41. The minimum atomic E-state index is -0.571. The van der Waals surface area contributed by atoms with E-state index in [1.165, 1.54) is 10.1 Å². The lowest BCUT2D eigenvalue weighted by Gasteiger charge is -2.29. The molecule has 0 atom stereocenters. The summed E-state index contributed by atoms with van der Waals surface area (Å²) in [5.74, 6) is -0.159. The molecule has 1 aromatic carbocycles. The predicted molar refractivity (Wildman–Crippen MR) is 111 cm³/mol. The number of aromatic nitrogens is 3. The molecule has 0 aliphatic carbocycles. The maximum atomic E-state index is 13.5. The molecule has 2 aromatic heterocycles. The van der Waals surface area contributed by atoms with Crippen molar-refractivity contribution in [2.75, 3.05) is 6.54 Å². The Morgan fingerprint density at radius 1 is 1.21 bits per heavy atom. The zero-order chi connectivity index (χ0) is 20.7. The fraction of sp³-hybridized carbons (Fsp3) is 0.364. The lowest BCUT2D eigenvalue weighted by atomic mass is 9.98. The van der Waals surface area contributed by atoms with Gasteiger partial charge in [0.2, 0.25) is 0 Å². The third-order valence-electron chi connectivity index (χ3n) is 5.52. The molecule has 7 nitrogen and oxygen atoms in total. The quantitative estimate of drug-likeness (QED) is 0.741. The molecule has 0 spiro atoms. The van der Waals surface area contributed by atoms with E-state index in [4.69, 9.17) is 0 Å². The van der Waals surface area contributed by atoms with Crippen molar-refractivity contribution < 1.29 is 4.79 Å². The third kappa shape index (κ3) is 3.26. The predicted octanol–water partition coefficient (Wildman–Crippen LogP) is 2.43. The fourth-order valence-corrected chi connectivity index (χ4v) is 3.89. The number of fused-ring (bicyclic) bond motifs is 2. The number of benzene rings is 1. The van der Waals surface area contributed by atoms with E-state index >= 15 is 0 Å². The van der Waals surface area contributed by atoms with Gasteiger partial charge in [-0.25, -0.2) is 9.78 Å². The molecule has 4 rings (SSSR count). The molecule has 7 heteroatoms. The molecule has 1 N–H and O–H groups in total. The first-order chi connectivity index (χ1) is 13.9. The van der Waals surface area contributed by atoms with Gasteiger partial charge < -0.3 is 4.90 Å². The van der Waals surface area contributed by atoms with Gasteiger partial charge in [-0.1, -0.05) is 38.1 Å². The van der Waals surface area contributed by atoms with Crippen molar-refractivity contribution in [2.45, 2.75) is 46.2 Å². The molecule has 0 radical (unpaired) electrons. The molecule has 1 aliphatic heterocycles. The molecule has 1 amide bonds. The van der Waals surface area contributed by atoms with Gasteiger partial charge in [-0.15, -0.1) is 0 Å². The van der Waals surface area contributed by atoms with Gasteiger partial charge in [-0.2, -0.15) is 0 Å². The minimum absolute atomic E-state index is 0.0488. The van der Waals surface area contributed by atoms with Gasteiger partial charge >= 0.3 is 5.69 Å². The monoisotopic (exact) mass is 392 g/mol. The highest BCUT2D eigenvalue weighted by Crippen LogP contribution is 2.24. The van der Waals surface area contributed by atoms with Gasteiger partial charge in [0.25, 0.3) is 11.5 Å². The Balaban J connectivity index is 1.90. The van der Waals surface area contributed by atoms with E-state index in [2.05, 4.69) is 16.0 Å². The van der Waals surface area contributed by atoms with Crippen LogP contribution < -0.4 is 11.2 Å². The molecule has 150 valence electrons. The highest BCUT2D eigenvalue weighted by atomic mass is 16.2. The van der Waals surface area contributed by atoms with Crippen LogP contribution in [0.3, 0.4) is 0 Å². The highest BCUT2D eigenvalue weighted by molar-refractivity contribution is 6.05. The zero-order valence-corrected chi connectivity index (χ0v) is 16.9. The highest BCUT2D eigenvalue weighted by Gasteiger charge is 2.26. The Kier molecular flexibility index (Phi) is 4.82. The second-order valence-electron chi connectivity index (χ2n) is 7.70. The van der Waals surface area contributed by atoms with Crippen molar-refractivity contribution in [2.24, 2.45) is 0 Å². The van der Waals surface area contributed by atoms with Crippen molar-refractivity contribution in [3.05, 3.63) is 73.6 Å². The molecular weight excluding hydrogens is 368 g/mol. The van der Waals surface area contributed by atoms with Gasteiger partial charge in [-0.3, -0.25) is 19.1 Å². The van der Waals surface area contributed by atoms with E-state index in [1.807, 2.05) is 39.0 Å². The van der Waals surface area contributed by atoms with Crippen molar-refractivity contribution in [3.63, 3.8) is 0 Å². The fourth-order valence-electron chi connectivity index (χ4n) is 3.89. The van der Waals surface area contributed by atoms with E-state index in [9.17, 15) is 14.4 Å².